The van der Waals surface area contributed by atoms with Crippen LogP contribution in [0.4, 0.5) is 0 Å². The molecule has 1 amide bonds. The molecule has 0 radical (unpaired) electrons. The third-order valence-electron chi connectivity index (χ3n) is 3.82. The van der Waals surface area contributed by atoms with Crippen molar-refractivity contribution in [3.8, 4) is 18.1 Å². The first-order valence-corrected chi connectivity index (χ1v) is 7.60. The molecule has 0 aromatic carbocycles. The van der Waals surface area contributed by atoms with Gasteiger partial charge in [0.2, 0.25) is 0 Å². The molecule has 1 aliphatic heterocycles. The lowest BCUT2D eigenvalue weighted by Crippen LogP contribution is -2.46. The predicted molar refractivity (Wildman–Crippen MR) is 92.3 cm³/mol. The number of allylic oxidation sites excluding steroid dienone is 3. The Labute approximate surface area is 142 Å². The zero-order chi connectivity index (χ0) is 17.6. The van der Waals surface area contributed by atoms with Crippen LogP contribution in [-0.4, -0.2) is 39.6 Å². The van der Waals surface area contributed by atoms with Crippen LogP contribution in [0.15, 0.2) is 55.5 Å². The van der Waals surface area contributed by atoms with Gasteiger partial charge >= 0.3 is 0 Å². The Morgan fingerprint density at radius 2 is 2.17 bits per heavy atom. The van der Waals surface area contributed by atoms with Gasteiger partial charge in [-0.25, -0.2) is 0 Å². The number of carbonyl (C=O) groups excluding carboxylic acids is 1. The number of piperidine rings is 1. The Kier molecular flexibility index (Phi) is 5.56. The highest BCUT2D eigenvalue weighted by atomic mass is 16.5. The minimum Gasteiger partial charge on any atom is -0.457 e. The average molecular weight is 324 g/mol. The summed E-state index contributed by atoms with van der Waals surface area (Å²) in [6.07, 6.45) is 12.4. The fourth-order valence-electron chi connectivity index (χ4n) is 2.37. The van der Waals surface area contributed by atoms with Gasteiger partial charge in [0.1, 0.15) is 22.8 Å². The molecule has 0 bridgehead atoms. The van der Waals surface area contributed by atoms with Crippen molar-refractivity contribution >= 4 is 5.91 Å². The number of terminal acetylenes is 1. The second kappa shape index (κ2) is 7.62. The van der Waals surface area contributed by atoms with E-state index in [2.05, 4.69) is 24.1 Å². The monoisotopic (exact) mass is 324 g/mol. The van der Waals surface area contributed by atoms with E-state index in [1.165, 1.54) is 6.20 Å². The zero-order valence-corrected chi connectivity index (χ0v) is 13.4. The number of carbonyl (C=O) groups is 1. The summed E-state index contributed by atoms with van der Waals surface area (Å²) in [4.78, 5) is 18.3. The van der Waals surface area contributed by atoms with Gasteiger partial charge in [-0.2, -0.15) is 0 Å². The summed E-state index contributed by atoms with van der Waals surface area (Å²) < 4.78 is 5.63. The van der Waals surface area contributed by atoms with Crippen molar-refractivity contribution in [1.82, 2.24) is 9.88 Å². The summed E-state index contributed by atoms with van der Waals surface area (Å²) in [5.41, 5.74) is -0.843. The number of hydrogen-bond donors (Lipinski definition) is 1. The first kappa shape index (κ1) is 17.5. The van der Waals surface area contributed by atoms with Gasteiger partial charge in [0.15, 0.2) is 0 Å². The molecule has 1 fully saturated rings. The standard InChI is InChI=1S/C19H20N2O3/c1-4-7-15(5-2)24-16-8-11-20-17(14-16)18(22)21-12-9-19(23,6-3)10-13-21/h3-5,7-8,11,14,23H,1-2,9-10,12-13H2/b15-7+. The number of nitrogens with zero attached hydrogens (tertiary/aromatic N) is 2. The van der Waals surface area contributed by atoms with Crippen molar-refractivity contribution in [2.45, 2.75) is 18.4 Å². The van der Waals surface area contributed by atoms with Gasteiger partial charge in [0, 0.05) is 38.2 Å². The number of likely N-dealkylation sites (tertiary alicyclic amines) is 1. The molecule has 0 saturated carbocycles. The number of amides is 1. The Hall–Kier alpha value is -2.84. The Morgan fingerprint density at radius 3 is 2.75 bits per heavy atom. The summed E-state index contributed by atoms with van der Waals surface area (Å²) in [5.74, 6) is 3.18. The second-order valence-electron chi connectivity index (χ2n) is 5.46. The Balaban J connectivity index is 2.10. The average Bonchev–Trinajstić information content (AvgIpc) is 2.61. The molecule has 124 valence electrons. The third-order valence-corrected chi connectivity index (χ3v) is 3.82. The van der Waals surface area contributed by atoms with Gasteiger partial charge in [-0.1, -0.05) is 25.2 Å². The summed E-state index contributed by atoms with van der Waals surface area (Å²) in [7, 11) is 0. The van der Waals surface area contributed by atoms with Crippen LogP contribution in [0.5, 0.6) is 5.75 Å². The highest BCUT2D eigenvalue weighted by Gasteiger charge is 2.32. The first-order chi connectivity index (χ1) is 11.5. The third kappa shape index (κ3) is 4.12. The van der Waals surface area contributed by atoms with E-state index in [4.69, 9.17) is 11.2 Å². The van der Waals surface area contributed by atoms with Crippen LogP contribution >= 0.6 is 0 Å². The van der Waals surface area contributed by atoms with Crippen molar-refractivity contribution in [3.63, 3.8) is 0 Å². The highest BCUT2D eigenvalue weighted by Crippen LogP contribution is 2.23. The normalized spacial score (nSPS) is 16.8. The largest absolute Gasteiger partial charge is 0.457 e. The lowest BCUT2D eigenvalue weighted by atomic mass is 9.92. The SMILES string of the molecule is C#CC1(O)CCN(C(=O)c2cc(O/C(C=C)=C/C=C)ccn2)CC1. The van der Waals surface area contributed by atoms with Crippen molar-refractivity contribution in [2.75, 3.05) is 13.1 Å². The number of aliphatic hydroxyl groups is 1. The molecule has 1 aliphatic rings. The van der Waals surface area contributed by atoms with Gasteiger partial charge in [-0.15, -0.1) is 6.42 Å². The van der Waals surface area contributed by atoms with Gasteiger partial charge in [0.25, 0.3) is 5.91 Å². The first-order valence-electron chi connectivity index (χ1n) is 7.60. The fraction of sp³-hybridized carbons (Fsp3) is 0.263. The number of rotatable bonds is 5. The molecular formula is C19H20N2O3. The van der Waals surface area contributed by atoms with E-state index < -0.39 is 5.60 Å². The van der Waals surface area contributed by atoms with Gasteiger partial charge < -0.3 is 14.7 Å². The molecule has 1 saturated heterocycles. The molecule has 1 N–H and O–H groups in total. The molecule has 0 spiro atoms. The predicted octanol–water partition coefficient (Wildman–Crippen LogP) is 2.32. The summed E-state index contributed by atoms with van der Waals surface area (Å²) in [6, 6.07) is 3.23. The van der Waals surface area contributed by atoms with Gasteiger partial charge in [-0.3, -0.25) is 9.78 Å². The Morgan fingerprint density at radius 1 is 1.46 bits per heavy atom. The van der Waals surface area contributed by atoms with Crippen molar-refractivity contribution in [1.29, 1.82) is 0 Å². The molecule has 5 nitrogen and oxygen atoms in total. The van der Waals surface area contributed by atoms with Crippen LogP contribution < -0.4 is 4.74 Å². The number of aromatic nitrogens is 1. The van der Waals surface area contributed by atoms with Crippen molar-refractivity contribution in [2.24, 2.45) is 0 Å². The molecule has 0 atom stereocenters. The van der Waals surface area contributed by atoms with Crippen LogP contribution in [0.3, 0.4) is 0 Å². The minimum absolute atomic E-state index is 0.215. The van der Waals surface area contributed by atoms with Crippen LogP contribution in [0, 0.1) is 12.3 Å². The zero-order valence-electron chi connectivity index (χ0n) is 13.4. The molecule has 0 unspecified atom stereocenters. The molecule has 2 rings (SSSR count). The number of hydrogen-bond acceptors (Lipinski definition) is 4. The van der Waals surface area contributed by atoms with Gasteiger partial charge in [-0.05, 0) is 18.2 Å². The topological polar surface area (TPSA) is 62.7 Å². The van der Waals surface area contributed by atoms with Crippen molar-refractivity contribution in [3.05, 3.63) is 61.2 Å². The summed E-state index contributed by atoms with van der Waals surface area (Å²) >= 11 is 0. The van der Waals surface area contributed by atoms with Gasteiger partial charge in [0.05, 0.1) is 0 Å². The van der Waals surface area contributed by atoms with Crippen LogP contribution in [-0.2, 0) is 0 Å². The molecule has 1 aromatic rings. The van der Waals surface area contributed by atoms with E-state index in [0.717, 1.165) is 0 Å². The molecular weight excluding hydrogens is 304 g/mol. The van der Waals surface area contributed by atoms with E-state index in [1.807, 2.05) is 0 Å². The second-order valence-corrected chi connectivity index (χ2v) is 5.46. The summed E-state index contributed by atoms with van der Waals surface area (Å²) in [6.45, 7) is 8.04. The van der Waals surface area contributed by atoms with Crippen LogP contribution in [0.2, 0.25) is 0 Å². The molecule has 1 aromatic heterocycles. The Bertz CT molecular complexity index is 708. The lowest BCUT2D eigenvalue weighted by Gasteiger charge is -2.34. The lowest BCUT2D eigenvalue weighted by molar-refractivity contribution is 0.0247. The van der Waals surface area contributed by atoms with E-state index >= 15 is 0 Å². The maximum absolute atomic E-state index is 12.6. The van der Waals surface area contributed by atoms with Crippen molar-refractivity contribution < 1.29 is 14.6 Å². The maximum atomic E-state index is 12.6. The quantitative estimate of drug-likeness (QED) is 0.513. The van der Waals surface area contributed by atoms with E-state index in [-0.39, 0.29) is 11.6 Å². The smallest absolute Gasteiger partial charge is 0.272 e. The van der Waals surface area contributed by atoms with E-state index in [0.29, 0.717) is 37.4 Å². The molecule has 24 heavy (non-hydrogen) atoms. The van der Waals surface area contributed by atoms with Crippen LogP contribution in [0.25, 0.3) is 0 Å². The number of ether oxygens (including phenoxy) is 1. The minimum atomic E-state index is -1.12. The van der Waals surface area contributed by atoms with E-state index in [9.17, 15) is 9.90 Å². The molecule has 2 heterocycles. The maximum Gasteiger partial charge on any atom is 0.272 e. The van der Waals surface area contributed by atoms with Crippen LogP contribution in [0.1, 0.15) is 23.3 Å². The van der Waals surface area contributed by atoms with E-state index in [1.54, 1.807) is 35.3 Å². The fourth-order valence-corrected chi connectivity index (χ4v) is 2.37. The summed E-state index contributed by atoms with van der Waals surface area (Å²) in [5, 5.41) is 10.0. The number of pyridine rings is 1. The highest BCUT2D eigenvalue weighted by molar-refractivity contribution is 5.92. The molecule has 5 heteroatoms. The molecule has 0 aliphatic carbocycles.